The molecule has 0 aliphatic rings. The fraction of sp³-hybridized carbons (Fsp3) is 0.913. The second-order valence-corrected chi connectivity index (χ2v) is 23.5. The molecule has 0 aromatic rings. The van der Waals surface area contributed by atoms with Gasteiger partial charge in [0, 0.05) is 12.8 Å². The van der Waals surface area contributed by atoms with Gasteiger partial charge in [-0.15, -0.1) is 0 Å². The van der Waals surface area contributed by atoms with Gasteiger partial charge in [0.15, 0.2) is 0 Å². The average molecular weight is 1060 g/mol. The number of carbonyl (C=O) groups is 2. The third-order valence-corrected chi connectivity index (χ3v) is 16.0. The van der Waals surface area contributed by atoms with Crippen molar-refractivity contribution in [2.24, 2.45) is 0 Å². The van der Waals surface area contributed by atoms with E-state index in [4.69, 9.17) is 4.74 Å². The van der Waals surface area contributed by atoms with Gasteiger partial charge < -0.3 is 20.3 Å². The van der Waals surface area contributed by atoms with Crippen molar-refractivity contribution in [2.75, 3.05) is 13.2 Å². The molecule has 444 valence electrons. The lowest BCUT2D eigenvalue weighted by atomic mass is 10.0. The minimum absolute atomic E-state index is 0.0189. The molecule has 0 fully saturated rings. The lowest BCUT2D eigenvalue weighted by Crippen LogP contribution is -2.45. The van der Waals surface area contributed by atoms with Crippen molar-refractivity contribution in [2.45, 2.75) is 392 Å². The normalized spacial score (nSPS) is 12.6. The first-order valence-corrected chi connectivity index (χ1v) is 34.1. The molecule has 0 saturated carbocycles. The number of aliphatic hydroxyl groups is 2. The number of allylic oxidation sites excluding steroid dienone is 3. The number of nitrogens with one attached hydrogen (secondary N) is 1. The van der Waals surface area contributed by atoms with E-state index in [0.717, 1.165) is 38.5 Å². The van der Waals surface area contributed by atoms with Gasteiger partial charge in [-0.3, -0.25) is 9.59 Å². The predicted octanol–water partition coefficient (Wildman–Crippen LogP) is 21.8. The zero-order valence-corrected chi connectivity index (χ0v) is 50.8. The van der Waals surface area contributed by atoms with Gasteiger partial charge in [-0.25, -0.2) is 0 Å². The third kappa shape index (κ3) is 61.4. The topological polar surface area (TPSA) is 95.9 Å². The molecule has 0 radical (unpaired) electrons. The molecule has 0 spiro atoms. The van der Waals surface area contributed by atoms with Crippen LogP contribution >= 0.6 is 0 Å². The Bertz CT molecular complexity index is 1170. The Hall–Kier alpha value is -1.66. The van der Waals surface area contributed by atoms with Crippen LogP contribution in [-0.2, 0) is 14.3 Å². The van der Waals surface area contributed by atoms with Crippen molar-refractivity contribution in [1.29, 1.82) is 0 Å². The van der Waals surface area contributed by atoms with E-state index >= 15 is 0 Å². The molecule has 2 atom stereocenters. The highest BCUT2D eigenvalue weighted by Crippen LogP contribution is 2.18. The van der Waals surface area contributed by atoms with E-state index < -0.39 is 12.1 Å². The van der Waals surface area contributed by atoms with Crippen LogP contribution in [0.3, 0.4) is 0 Å². The summed E-state index contributed by atoms with van der Waals surface area (Å²) in [6.07, 6.45) is 81.1. The Morgan fingerprint density at radius 3 is 0.947 bits per heavy atom. The van der Waals surface area contributed by atoms with E-state index in [1.165, 1.54) is 315 Å². The van der Waals surface area contributed by atoms with Gasteiger partial charge >= 0.3 is 5.97 Å². The number of ether oxygens (including phenoxy) is 1. The first-order chi connectivity index (χ1) is 37.0. The van der Waals surface area contributed by atoms with Gasteiger partial charge in [0.25, 0.3) is 0 Å². The number of esters is 1. The summed E-state index contributed by atoms with van der Waals surface area (Å²) < 4.78 is 5.49. The molecule has 6 heteroatoms. The minimum Gasteiger partial charge on any atom is -0.466 e. The SMILES string of the molecule is CCCCCCCCCCCCCCC/C=C/C(O)C(CO)NC(=O)CCCCCCCCCCCCCCC/C=C\CCCCCCCCCCCCCCOC(=O)CCCCCCCCCCCCCCCC. The molecule has 0 aliphatic heterocycles. The molecule has 6 nitrogen and oxygen atoms in total. The highest BCUT2D eigenvalue weighted by atomic mass is 16.5. The van der Waals surface area contributed by atoms with Crippen molar-refractivity contribution in [3.05, 3.63) is 24.3 Å². The maximum absolute atomic E-state index is 12.5. The van der Waals surface area contributed by atoms with Crippen LogP contribution in [-0.4, -0.2) is 47.4 Å². The van der Waals surface area contributed by atoms with E-state index in [2.05, 4.69) is 31.3 Å². The van der Waals surface area contributed by atoms with Gasteiger partial charge in [-0.2, -0.15) is 0 Å². The van der Waals surface area contributed by atoms with Gasteiger partial charge in [0.1, 0.15) is 0 Å². The number of hydrogen-bond acceptors (Lipinski definition) is 5. The van der Waals surface area contributed by atoms with E-state index in [-0.39, 0.29) is 18.5 Å². The molecule has 0 aliphatic carbocycles. The Balaban J connectivity index is 3.37. The van der Waals surface area contributed by atoms with Crippen LogP contribution in [0.25, 0.3) is 0 Å². The quantitative estimate of drug-likeness (QED) is 0.0320. The number of amides is 1. The molecule has 0 aromatic heterocycles. The van der Waals surface area contributed by atoms with E-state index in [1.54, 1.807) is 6.08 Å². The summed E-state index contributed by atoms with van der Waals surface area (Å²) in [4.78, 5) is 24.5. The van der Waals surface area contributed by atoms with Crippen LogP contribution in [0.5, 0.6) is 0 Å². The number of rotatable bonds is 64. The zero-order chi connectivity index (χ0) is 54.3. The number of carbonyl (C=O) groups excluding carboxylic acids is 2. The summed E-state index contributed by atoms with van der Waals surface area (Å²) >= 11 is 0. The molecule has 0 bridgehead atoms. The van der Waals surface area contributed by atoms with Gasteiger partial charge in [-0.1, -0.05) is 334 Å². The second-order valence-electron chi connectivity index (χ2n) is 23.5. The lowest BCUT2D eigenvalue weighted by molar-refractivity contribution is -0.143. The largest absolute Gasteiger partial charge is 0.466 e. The second kappa shape index (κ2) is 64.9. The molecule has 1 amide bonds. The van der Waals surface area contributed by atoms with Crippen molar-refractivity contribution in [3.8, 4) is 0 Å². The van der Waals surface area contributed by atoms with Gasteiger partial charge in [0.05, 0.1) is 25.4 Å². The standard InChI is InChI=1S/C69H133NO5/c1-3-5-7-9-11-13-15-17-34-37-41-45-49-53-57-61-67(72)66(65-71)70-68(73)62-58-54-50-46-42-38-35-32-30-28-26-24-22-20-19-21-23-25-27-29-31-33-36-40-44-48-52-56-60-64-75-69(74)63-59-55-51-47-43-39-18-16-14-12-10-8-6-4-2/h19,21,57,61,66-67,71-72H,3-18,20,22-56,58-60,62-65H2,1-2H3,(H,70,73)/b21-19-,61-57+. The first-order valence-electron chi connectivity index (χ1n) is 34.1. The zero-order valence-electron chi connectivity index (χ0n) is 50.8. The van der Waals surface area contributed by atoms with Gasteiger partial charge in [0.2, 0.25) is 5.91 Å². The molecule has 3 N–H and O–H groups in total. The van der Waals surface area contributed by atoms with E-state index in [1.807, 2.05) is 6.08 Å². The maximum atomic E-state index is 12.5. The fourth-order valence-corrected chi connectivity index (χ4v) is 10.7. The third-order valence-electron chi connectivity index (χ3n) is 16.0. The molecular weight excluding hydrogens is 923 g/mol. The highest BCUT2D eigenvalue weighted by Gasteiger charge is 2.18. The fourth-order valence-electron chi connectivity index (χ4n) is 10.7. The Kier molecular flexibility index (Phi) is 63.4. The molecule has 0 rings (SSSR count). The average Bonchev–Trinajstić information content (AvgIpc) is 3.41. The predicted molar refractivity (Wildman–Crippen MR) is 329 cm³/mol. The maximum Gasteiger partial charge on any atom is 0.305 e. The van der Waals surface area contributed by atoms with Crippen LogP contribution in [0, 0.1) is 0 Å². The number of aliphatic hydroxyl groups excluding tert-OH is 2. The van der Waals surface area contributed by atoms with Crippen LogP contribution < -0.4 is 5.32 Å². The van der Waals surface area contributed by atoms with Gasteiger partial charge in [-0.05, 0) is 57.8 Å². The molecule has 0 heterocycles. The van der Waals surface area contributed by atoms with Crippen molar-refractivity contribution in [1.82, 2.24) is 5.32 Å². The summed E-state index contributed by atoms with van der Waals surface area (Å²) in [5.41, 5.74) is 0. The summed E-state index contributed by atoms with van der Waals surface area (Å²) in [7, 11) is 0. The Labute approximate surface area is 469 Å². The Morgan fingerprint density at radius 2 is 0.627 bits per heavy atom. The summed E-state index contributed by atoms with van der Waals surface area (Å²) in [6, 6.07) is -0.627. The molecule has 75 heavy (non-hydrogen) atoms. The molecule has 0 saturated heterocycles. The molecular formula is C69H133NO5. The van der Waals surface area contributed by atoms with E-state index in [0.29, 0.717) is 19.4 Å². The monoisotopic (exact) mass is 1060 g/mol. The first kappa shape index (κ1) is 73.3. The minimum atomic E-state index is -0.843. The van der Waals surface area contributed by atoms with Crippen LogP contribution in [0.4, 0.5) is 0 Å². The number of unbranched alkanes of at least 4 members (excludes halogenated alkanes) is 51. The smallest absolute Gasteiger partial charge is 0.305 e. The van der Waals surface area contributed by atoms with Crippen LogP contribution in [0.15, 0.2) is 24.3 Å². The molecule has 2 unspecified atom stereocenters. The Morgan fingerprint density at radius 1 is 0.360 bits per heavy atom. The number of hydrogen-bond donors (Lipinski definition) is 3. The van der Waals surface area contributed by atoms with Crippen molar-refractivity contribution < 1.29 is 24.5 Å². The lowest BCUT2D eigenvalue weighted by Gasteiger charge is -2.20. The van der Waals surface area contributed by atoms with Crippen LogP contribution in [0.2, 0.25) is 0 Å². The summed E-state index contributed by atoms with van der Waals surface area (Å²) in [6.45, 7) is 4.93. The molecule has 0 aromatic carbocycles. The van der Waals surface area contributed by atoms with Crippen LogP contribution in [0.1, 0.15) is 380 Å². The van der Waals surface area contributed by atoms with E-state index in [9.17, 15) is 19.8 Å². The highest BCUT2D eigenvalue weighted by molar-refractivity contribution is 5.76. The summed E-state index contributed by atoms with van der Waals surface area (Å²) in [5.74, 6) is -0.0459. The van der Waals surface area contributed by atoms with Crippen molar-refractivity contribution in [3.63, 3.8) is 0 Å². The summed E-state index contributed by atoms with van der Waals surface area (Å²) in [5, 5.41) is 23.2. The van der Waals surface area contributed by atoms with Crippen molar-refractivity contribution >= 4 is 11.9 Å².